The van der Waals surface area contributed by atoms with Crippen molar-refractivity contribution >= 4 is 17.4 Å². The van der Waals surface area contributed by atoms with E-state index < -0.39 is 0 Å². The van der Waals surface area contributed by atoms with Crippen LogP contribution >= 0.6 is 0 Å². The molecule has 2 amide bonds. The molecule has 1 aromatic carbocycles. The van der Waals surface area contributed by atoms with Crippen LogP contribution in [0.1, 0.15) is 94.6 Å². The quantitative estimate of drug-likeness (QED) is 0.574. The summed E-state index contributed by atoms with van der Waals surface area (Å²) in [5.41, 5.74) is 3.36. The van der Waals surface area contributed by atoms with E-state index in [9.17, 15) is 9.59 Å². The molecule has 2 aliphatic heterocycles. The molecule has 0 bridgehead atoms. The monoisotopic (exact) mass is 422 g/mol. The molecule has 0 N–H and O–H groups in total. The molecule has 0 atom stereocenters. The van der Waals surface area contributed by atoms with Crippen molar-refractivity contribution < 1.29 is 9.59 Å². The van der Waals surface area contributed by atoms with Crippen LogP contribution in [0.25, 0.3) is 5.57 Å². The first-order chi connectivity index (χ1) is 15.2. The maximum absolute atomic E-state index is 13.8. The summed E-state index contributed by atoms with van der Waals surface area (Å²) < 4.78 is 0. The minimum atomic E-state index is -0.0622. The first-order valence-electron chi connectivity index (χ1n) is 12.6. The number of likely N-dealkylation sites (tertiary alicyclic amines) is 1. The Labute approximate surface area is 187 Å². The third kappa shape index (κ3) is 5.05. The fourth-order valence-corrected chi connectivity index (χ4v) is 5.48. The van der Waals surface area contributed by atoms with Gasteiger partial charge >= 0.3 is 0 Å². The normalized spacial score (nSPS) is 22.7. The van der Waals surface area contributed by atoms with E-state index in [-0.39, 0.29) is 17.9 Å². The number of aryl methyl sites for hydroxylation is 1. The summed E-state index contributed by atoms with van der Waals surface area (Å²) >= 11 is 0. The van der Waals surface area contributed by atoms with Gasteiger partial charge in [0.05, 0.1) is 5.57 Å². The topological polar surface area (TPSA) is 40.6 Å². The van der Waals surface area contributed by atoms with Crippen molar-refractivity contribution in [2.75, 3.05) is 13.1 Å². The van der Waals surface area contributed by atoms with Gasteiger partial charge in [0, 0.05) is 19.1 Å². The highest BCUT2D eigenvalue weighted by Gasteiger charge is 2.44. The second kappa shape index (κ2) is 10.5. The number of benzene rings is 1. The Balaban J connectivity index is 1.61. The summed E-state index contributed by atoms with van der Waals surface area (Å²) in [5, 5.41) is 0. The van der Waals surface area contributed by atoms with E-state index in [1.807, 2.05) is 24.3 Å². The maximum atomic E-state index is 13.8. The van der Waals surface area contributed by atoms with Crippen LogP contribution in [0.15, 0.2) is 30.0 Å². The van der Waals surface area contributed by atoms with Crippen LogP contribution in [-0.4, -0.2) is 40.7 Å². The highest BCUT2D eigenvalue weighted by atomic mass is 16.2. The molecule has 0 aromatic heterocycles. The molecule has 1 aliphatic carbocycles. The van der Waals surface area contributed by atoms with Crippen molar-refractivity contribution in [3.8, 4) is 0 Å². The van der Waals surface area contributed by atoms with Crippen molar-refractivity contribution in [1.29, 1.82) is 0 Å². The molecule has 1 saturated carbocycles. The summed E-state index contributed by atoms with van der Waals surface area (Å²) in [5.74, 6) is -0.104. The lowest BCUT2D eigenvalue weighted by Crippen LogP contribution is -2.42. The summed E-state index contributed by atoms with van der Waals surface area (Å²) in [6.45, 7) is 3.81. The van der Waals surface area contributed by atoms with Gasteiger partial charge in [-0.25, -0.2) is 0 Å². The van der Waals surface area contributed by atoms with Crippen LogP contribution in [0.2, 0.25) is 0 Å². The van der Waals surface area contributed by atoms with Crippen LogP contribution in [0.3, 0.4) is 0 Å². The van der Waals surface area contributed by atoms with E-state index in [0.29, 0.717) is 11.3 Å². The number of carbonyl (C=O) groups is 2. The fourth-order valence-electron chi connectivity index (χ4n) is 5.48. The Kier molecular flexibility index (Phi) is 7.47. The van der Waals surface area contributed by atoms with Gasteiger partial charge < -0.3 is 4.90 Å². The average molecular weight is 423 g/mol. The van der Waals surface area contributed by atoms with Gasteiger partial charge in [0.2, 0.25) is 0 Å². The number of amides is 2. The minimum absolute atomic E-state index is 0.0416. The van der Waals surface area contributed by atoms with Gasteiger partial charge in [-0.15, -0.1) is 0 Å². The lowest BCUT2D eigenvalue weighted by atomic mass is 9.96. The van der Waals surface area contributed by atoms with Crippen molar-refractivity contribution in [3.05, 3.63) is 41.1 Å². The minimum Gasteiger partial charge on any atom is -0.366 e. The predicted molar refractivity (Wildman–Crippen MR) is 125 cm³/mol. The molecule has 2 fully saturated rings. The summed E-state index contributed by atoms with van der Waals surface area (Å²) in [6, 6.07) is 8.15. The molecule has 1 saturated heterocycles. The third-order valence-corrected chi connectivity index (χ3v) is 7.29. The standard InChI is InChI=1S/C27H38N2O2/c1-21-15-17-22(18-16-21)24-25(28-19-11-12-20-28)27(31)29(26(24)30)23-13-9-7-5-3-2-4-6-8-10-14-23/h15-18,23H,2-14,19-20H2,1H3. The van der Waals surface area contributed by atoms with Crippen molar-refractivity contribution in [2.45, 2.75) is 96.4 Å². The van der Waals surface area contributed by atoms with Crippen LogP contribution in [0.4, 0.5) is 0 Å². The van der Waals surface area contributed by atoms with E-state index in [0.717, 1.165) is 57.2 Å². The van der Waals surface area contributed by atoms with Gasteiger partial charge in [-0.2, -0.15) is 0 Å². The maximum Gasteiger partial charge on any atom is 0.278 e. The van der Waals surface area contributed by atoms with Gasteiger partial charge in [-0.3, -0.25) is 14.5 Å². The zero-order valence-electron chi connectivity index (χ0n) is 19.2. The molecular weight excluding hydrogens is 384 g/mol. The molecule has 168 valence electrons. The van der Waals surface area contributed by atoms with Crippen molar-refractivity contribution in [1.82, 2.24) is 9.80 Å². The molecule has 2 heterocycles. The SMILES string of the molecule is Cc1ccc(C2=C(N3CCCC3)C(=O)N(C3CCCCCCCCCCC3)C2=O)cc1. The zero-order valence-corrected chi connectivity index (χ0v) is 19.2. The lowest BCUT2D eigenvalue weighted by Gasteiger charge is -2.28. The van der Waals surface area contributed by atoms with Crippen LogP contribution in [0.5, 0.6) is 0 Å². The Bertz CT molecular complexity index is 793. The van der Waals surface area contributed by atoms with Crippen LogP contribution in [0, 0.1) is 6.92 Å². The van der Waals surface area contributed by atoms with Gasteiger partial charge in [0.25, 0.3) is 11.8 Å². The Morgan fingerprint density at radius 1 is 0.677 bits per heavy atom. The van der Waals surface area contributed by atoms with Gasteiger partial charge in [-0.05, 0) is 38.2 Å². The summed E-state index contributed by atoms with van der Waals surface area (Å²) in [6.07, 6.45) is 15.3. The fraction of sp³-hybridized carbons (Fsp3) is 0.630. The largest absolute Gasteiger partial charge is 0.366 e. The zero-order chi connectivity index (χ0) is 21.6. The van der Waals surface area contributed by atoms with Gasteiger partial charge in [-0.1, -0.05) is 87.6 Å². The molecule has 1 aromatic rings. The lowest BCUT2D eigenvalue weighted by molar-refractivity contribution is -0.140. The number of rotatable bonds is 3. The van der Waals surface area contributed by atoms with E-state index >= 15 is 0 Å². The molecule has 4 rings (SSSR count). The smallest absolute Gasteiger partial charge is 0.278 e. The van der Waals surface area contributed by atoms with Gasteiger partial charge in [0.1, 0.15) is 5.70 Å². The Morgan fingerprint density at radius 3 is 1.74 bits per heavy atom. The number of carbonyl (C=O) groups excluding carboxylic acids is 2. The third-order valence-electron chi connectivity index (χ3n) is 7.29. The summed E-state index contributed by atoms with van der Waals surface area (Å²) in [4.78, 5) is 31.3. The highest BCUT2D eigenvalue weighted by molar-refractivity contribution is 6.35. The molecule has 31 heavy (non-hydrogen) atoms. The van der Waals surface area contributed by atoms with Crippen LogP contribution in [-0.2, 0) is 9.59 Å². The van der Waals surface area contributed by atoms with E-state index in [1.54, 1.807) is 4.90 Å². The van der Waals surface area contributed by atoms with Crippen LogP contribution < -0.4 is 0 Å². The van der Waals surface area contributed by atoms with E-state index in [1.165, 1.54) is 50.5 Å². The first kappa shape index (κ1) is 22.1. The summed E-state index contributed by atoms with van der Waals surface area (Å²) in [7, 11) is 0. The second-order valence-electron chi connectivity index (χ2n) is 9.68. The number of hydrogen-bond acceptors (Lipinski definition) is 3. The first-order valence-corrected chi connectivity index (χ1v) is 12.6. The molecule has 4 nitrogen and oxygen atoms in total. The second-order valence-corrected chi connectivity index (χ2v) is 9.68. The molecule has 0 unspecified atom stereocenters. The van der Waals surface area contributed by atoms with Crippen molar-refractivity contribution in [3.63, 3.8) is 0 Å². The van der Waals surface area contributed by atoms with E-state index in [4.69, 9.17) is 0 Å². The predicted octanol–water partition coefficient (Wildman–Crippen LogP) is 5.84. The highest BCUT2D eigenvalue weighted by Crippen LogP contribution is 2.36. The van der Waals surface area contributed by atoms with Crippen molar-refractivity contribution in [2.24, 2.45) is 0 Å². The molecule has 4 heteroatoms. The Hall–Kier alpha value is -2.10. The number of nitrogens with zero attached hydrogens (tertiary/aromatic N) is 2. The molecule has 3 aliphatic rings. The number of imide groups is 1. The van der Waals surface area contributed by atoms with Gasteiger partial charge in [0.15, 0.2) is 0 Å². The average Bonchev–Trinajstić information content (AvgIpc) is 3.36. The molecule has 0 radical (unpaired) electrons. The molecular formula is C27H38N2O2. The molecule has 0 spiro atoms. The Morgan fingerprint density at radius 2 is 1.19 bits per heavy atom. The van der Waals surface area contributed by atoms with E-state index in [2.05, 4.69) is 11.8 Å². The number of hydrogen-bond donors (Lipinski definition) is 0.